The van der Waals surface area contributed by atoms with Crippen molar-refractivity contribution in [1.82, 2.24) is 14.5 Å². The lowest BCUT2D eigenvalue weighted by Crippen LogP contribution is -2.56. The summed E-state index contributed by atoms with van der Waals surface area (Å²) in [6, 6.07) is 12.9. The fourth-order valence-electron chi connectivity index (χ4n) is 7.50. The highest BCUT2D eigenvalue weighted by atomic mass is 32.2. The summed E-state index contributed by atoms with van der Waals surface area (Å²) >= 11 is 0. The van der Waals surface area contributed by atoms with Crippen molar-refractivity contribution in [1.29, 1.82) is 0 Å². The van der Waals surface area contributed by atoms with E-state index in [1.165, 1.54) is 23.6 Å². The third-order valence-electron chi connectivity index (χ3n) is 8.87. The summed E-state index contributed by atoms with van der Waals surface area (Å²) in [7, 11) is -3.63. The Morgan fingerprint density at radius 2 is 1.46 bits per heavy atom. The molecular weight excluding hydrogens is 462 g/mol. The van der Waals surface area contributed by atoms with E-state index in [1.54, 1.807) is 17.0 Å². The number of benzene rings is 2. The molecule has 2 amide bonds. The van der Waals surface area contributed by atoms with Crippen LogP contribution in [0.5, 0.6) is 0 Å². The van der Waals surface area contributed by atoms with Gasteiger partial charge < -0.3 is 10.2 Å². The van der Waals surface area contributed by atoms with Crippen LogP contribution in [0.1, 0.15) is 38.5 Å². The number of amides is 2. The van der Waals surface area contributed by atoms with E-state index in [0.717, 1.165) is 30.0 Å². The van der Waals surface area contributed by atoms with E-state index in [-0.39, 0.29) is 41.8 Å². The molecule has 0 spiro atoms. The van der Waals surface area contributed by atoms with E-state index in [0.29, 0.717) is 30.8 Å². The number of hydrogen-bond acceptors (Lipinski definition) is 4. The zero-order valence-electron chi connectivity index (χ0n) is 20.0. The monoisotopic (exact) mass is 495 g/mol. The number of nitrogens with zero attached hydrogens (tertiary/aromatic N) is 2. The smallest absolute Gasteiger partial charge is 0.243 e. The number of carbonyl (C=O) groups is 2. The van der Waals surface area contributed by atoms with Crippen LogP contribution in [-0.4, -0.2) is 62.2 Å². The van der Waals surface area contributed by atoms with E-state index >= 15 is 0 Å². The summed E-state index contributed by atoms with van der Waals surface area (Å²) in [5, 5.41) is 4.84. The molecule has 2 aromatic rings. The molecule has 4 bridgehead atoms. The SMILES string of the molecule is O=C(CNC(=O)C12CC3CC(CC(C3)C1)C2)N1CCN(S(=O)(=O)c2ccc3ccccc3c2)CC1. The lowest BCUT2D eigenvalue weighted by atomic mass is 9.49. The minimum atomic E-state index is -3.63. The predicted molar refractivity (Wildman–Crippen MR) is 133 cm³/mol. The Morgan fingerprint density at radius 3 is 2.09 bits per heavy atom. The Kier molecular flexibility index (Phi) is 5.64. The Morgan fingerprint density at radius 1 is 0.857 bits per heavy atom. The second kappa shape index (κ2) is 8.59. The summed E-state index contributed by atoms with van der Waals surface area (Å²) < 4.78 is 27.8. The molecule has 8 heteroatoms. The molecule has 1 saturated heterocycles. The molecule has 186 valence electrons. The van der Waals surface area contributed by atoms with Gasteiger partial charge in [0, 0.05) is 31.6 Å². The largest absolute Gasteiger partial charge is 0.347 e. The van der Waals surface area contributed by atoms with Crippen LogP contribution in [-0.2, 0) is 19.6 Å². The number of carbonyl (C=O) groups excluding carboxylic acids is 2. The summed E-state index contributed by atoms with van der Waals surface area (Å²) in [6.45, 7) is 1.17. The van der Waals surface area contributed by atoms with Gasteiger partial charge in [0.1, 0.15) is 0 Å². The van der Waals surface area contributed by atoms with Crippen LogP contribution in [0.3, 0.4) is 0 Å². The first-order valence-corrected chi connectivity index (χ1v) is 14.3. The number of piperazine rings is 1. The third kappa shape index (κ3) is 4.14. The topological polar surface area (TPSA) is 86.8 Å². The fraction of sp³-hybridized carbons (Fsp3) is 0.556. The maximum Gasteiger partial charge on any atom is 0.243 e. The van der Waals surface area contributed by atoms with Gasteiger partial charge in [0.05, 0.1) is 11.4 Å². The van der Waals surface area contributed by atoms with Crippen LogP contribution >= 0.6 is 0 Å². The molecule has 5 aliphatic rings. The van der Waals surface area contributed by atoms with Crippen molar-refractivity contribution in [3.05, 3.63) is 42.5 Å². The van der Waals surface area contributed by atoms with Crippen LogP contribution in [0.15, 0.2) is 47.4 Å². The summed E-state index contributed by atoms with van der Waals surface area (Å²) in [6.07, 6.45) is 6.76. The van der Waals surface area contributed by atoms with Crippen LogP contribution in [0.4, 0.5) is 0 Å². The Labute approximate surface area is 206 Å². The van der Waals surface area contributed by atoms with Gasteiger partial charge >= 0.3 is 0 Å². The molecular formula is C27H33N3O4S. The highest BCUT2D eigenvalue weighted by Crippen LogP contribution is 2.60. The van der Waals surface area contributed by atoms with E-state index in [1.807, 2.05) is 30.3 Å². The molecule has 2 aromatic carbocycles. The molecule has 1 aliphatic heterocycles. The summed E-state index contributed by atoms with van der Waals surface area (Å²) in [5.74, 6) is 1.97. The molecule has 0 unspecified atom stereocenters. The minimum Gasteiger partial charge on any atom is -0.347 e. The highest BCUT2D eigenvalue weighted by molar-refractivity contribution is 7.89. The van der Waals surface area contributed by atoms with Gasteiger partial charge in [0.15, 0.2) is 0 Å². The highest BCUT2D eigenvalue weighted by Gasteiger charge is 2.54. The first kappa shape index (κ1) is 23.0. The molecule has 0 radical (unpaired) electrons. The zero-order chi connectivity index (χ0) is 24.2. The quantitative estimate of drug-likeness (QED) is 0.691. The van der Waals surface area contributed by atoms with Crippen molar-refractivity contribution in [3.63, 3.8) is 0 Å². The van der Waals surface area contributed by atoms with Crippen LogP contribution in [0, 0.1) is 23.2 Å². The number of rotatable bonds is 5. The minimum absolute atomic E-state index is 0.00198. The molecule has 7 rings (SSSR count). The van der Waals surface area contributed by atoms with Gasteiger partial charge in [-0.3, -0.25) is 9.59 Å². The van der Waals surface area contributed by atoms with E-state index in [4.69, 9.17) is 0 Å². The van der Waals surface area contributed by atoms with E-state index in [2.05, 4.69) is 5.32 Å². The maximum absolute atomic E-state index is 13.2. The Hall–Kier alpha value is -2.45. The first-order chi connectivity index (χ1) is 16.8. The predicted octanol–water partition coefficient (Wildman–Crippen LogP) is 3.01. The average Bonchev–Trinajstić information content (AvgIpc) is 2.86. The lowest BCUT2D eigenvalue weighted by Gasteiger charge is -2.55. The second-order valence-corrected chi connectivity index (χ2v) is 13.1. The van der Waals surface area contributed by atoms with Gasteiger partial charge in [-0.2, -0.15) is 4.31 Å². The first-order valence-electron chi connectivity index (χ1n) is 12.9. The van der Waals surface area contributed by atoms with Crippen LogP contribution < -0.4 is 5.32 Å². The molecule has 0 atom stereocenters. The van der Waals surface area contributed by atoms with Gasteiger partial charge in [-0.1, -0.05) is 30.3 Å². The van der Waals surface area contributed by atoms with Crippen molar-refractivity contribution < 1.29 is 18.0 Å². The van der Waals surface area contributed by atoms with Gasteiger partial charge in [-0.15, -0.1) is 0 Å². The van der Waals surface area contributed by atoms with Crippen LogP contribution in [0.25, 0.3) is 10.8 Å². The second-order valence-electron chi connectivity index (χ2n) is 11.2. The van der Waals surface area contributed by atoms with Gasteiger partial charge in [0.2, 0.25) is 21.8 Å². The molecule has 0 aromatic heterocycles. The summed E-state index contributed by atoms with van der Waals surface area (Å²) in [4.78, 5) is 27.9. The standard InChI is InChI=1S/C27H33N3O4S/c31-25(18-28-26(32)27-15-19-11-20(16-27)13-21(12-19)17-27)29-7-9-30(10-8-29)35(33,34)24-6-5-22-3-1-2-4-23(22)14-24/h1-6,14,19-21H,7-13,15-18H2,(H,28,32). The summed E-state index contributed by atoms with van der Waals surface area (Å²) in [5.41, 5.74) is -0.262. The lowest BCUT2D eigenvalue weighted by molar-refractivity contribution is -0.148. The number of nitrogens with one attached hydrogen (secondary N) is 1. The number of sulfonamides is 1. The molecule has 4 saturated carbocycles. The van der Waals surface area contributed by atoms with Gasteiger partial charge in [0.25, 0.3) is 0 Å². The molecule has 5 fully saturated rings. The van der Waals surface area contributed by atoms with Crippen molar-refractivity contribution in [3.8, 4) is 0 Å². The maximum atomic E-state index is 13.2. The van der Waals surface area contributed by atoms with Gasteiger partial charge in [-0.25, -0.2) is 8.42 Å². The molecule has 1 N–H and O–H groups in total. The van der Waals surface area contributed by atoms with Crippen molar-refractivity contribution in [2.45, 2.75) is 43.4 Å². The Balaban J connectivity index is 1.04. The van der Waals surface area contributed by atoms with E-state index < -0.39 is 10.0 Å². The fourth-order valence-corrected chi connectivity index (χ4v) is 8.96. The Bertz CT molecular complexity index is 1230. The third-order valence-corrected chi connectivity index (χ3v) is 10.8. The molecule has 35 heavy (non-hydrogen) atoms. The number of fused-ring (bicyclic) bond motifs is 1. The molecule has 1 heterocycles. The average molecular weight is 496 g/mol. The zero-order valence-corrected chi connectivity index (χ0v) is 20.8. The normalized spacial score (nSPS) is 30.5. The molecule has 7 nitrogen and oxygen atoms in total. The van der Waals surface area contributed by atoms with Crippen molar-refractivity contribution in [2.24, 2.45) is 23.2 Å². The van der Waals surface area contributed by atoms with E-state index in [9.17, 15) is 18.0 Å². The van der Waals surface area contributed by atoms with Crippen molar-refractivity contribution >= 4 is 32.6 Å². The molecule has 4 aliphatic carbocycles. The number of hydrogen-bond donors (Lipinski definition) is 1. The van der Waals surface area contributed by atoms with Crippen molar-refractivity contribution in [2.75, 3.05) is 32.7 Å². The van der Waals surface area contributed by atoms with Gasteiger partial charge in [-0.05, 0) is 79.2 Å². The van der Waals surface area contributed by atoms with Crippen LogP contribution in [0.2, 0.25) is 0 Å².